The van der Waals surface area contributed by atoms with Gasteiger partial charge in [-0.15, -0.1) is 0 Å². The maximum absolute atomic E-state index is 14.4. The molecule has 2 aromatic rings. The second-order valence-electron chi connectivity index (χ2n) is 13.5. The van der Waals surface area contributed by atoms with Crippen LogP contribution in [-0.4, -0.2) is 75.2 Å². The number of benzene rings is 2. The normalized spacial score (nSPS) is 13.7. The molecule has 0 aromatic heterocycles. The third-order valence-corrected chi connectivity index (χ3v) is 7.43. The maximum Gasteiger partial charge on any atom is 0.408 e. The highest BCUT2D eigenvalue weighted by Crippen LogP contribution is 2.34. The number of thioether (sulfide) groups is 1. The van der Waals surface area contributed by atoms with Crippen LogP contribution < -0.4 is 10.6 Å². The molecule has 0 fully saturated rings. The Labute approximate surface area is 278 Å². The molecule has 0 spiro atoms. The number of esters is 1. The van der Waals surface area contributed by atoms with E-state index >= 15 is 0 Å². The highest BCUT2D eigenvalue weighted by Gasteiger charge is 2.40. The van der Waals surface area contributed by atoms with Crippen LogP contribution in [0.4, 0.5) is 4.79 Å². The fourth-order valence-electron chi connectivity index (χ4n) is 4.79. The molecule has 0 saturated carbocycles. The van der Waals surface area contributed by atoms with Crippen molar-refractivity contribution < 1.29 is 33.8 Å². The lowest BCUT2D eigenvalue weighted by atomic mass is 9.97. The third kappa shape index (κ3) is 11.9. The van der Waals surface area contributed by atoms with Gasteiger partial charge in [-0.05, 0) is 91.9 Å². The van der Waals surface area contributed by atoms with Crippen molar-refractivity contribution in [3.8, 4) is 5.75 Å². The van der Waals surface area contributed by atoms with E-state index < -0.39 is 59.2 Å². The summed E-state index contributed by atoms with van der Waals surface area (Å²) in [6.07, 6.45) is 1.54. The van der Waals surface area contributed by atoms with Crippen molar-refractivity contribution in [2.24, 2.45) is 0 Å². The molecule has 11 heteroatoms. The van der Waals surface area contributed by atoms with Crippen LogP contribution in [0.25, 0.3) is 0 Å². The number of nitrogens with one attached hydrogen (secondary N) is 2. The molecule has 10 nitrogen and oxygen atoms in total. The van der Waals surface area contributed by atoms with Gasteiger partial charge < -0.3 is 30.1 Å². The zero-order chi connectivity index (χ0) is 34.8. The van der Waals surface area contributed by atoms with E-state index in [1.165, 1.54) is 16.7 Å². The summed E-state index contributed by atoms with van der Waals surface area (Å²) in [5.74, 6) is -1.46. The molecule has 0 aliphatic carbocycles. The Morgan fingerprint density at radius 1 is 0.870 bits per heavy atom. The third-order valence-electron chi connectivity index (χ3n) is 6.79. The Morgan fingerprint density at radius 3 is 2.02 bits per heavy atom. The number of alkyl carbamates (subject to hydrolysis) is 1. The fraction of sp³-hybridized carbons (Fsp3) is 0.543. The Morgan fingerprint density at radius 2 is 1.48 bits per heavy atom. The number of para-hydroxylation sites is 1. The van der Waals surface area contributed by atoms with Gasteiger partial charge in [-0.2, -0.15) is 11.8 Å². The SMILES string of the molecule is CSCCC(NC(=O)OC(C)(C)C)C(=O)N(C(C)C)C(C(=O)NC(Cc1ccccc1)C(=O)OC(C)(C)C)c1cccc(C)c1O. The summed E-state index contributed by atoms with van der Waals surface area (Å²) in [6, 6.07) is 10.1. The predicted octanol–water partition coefficient (Wildman–Crippen LogP) is 5.69. The van der Waals surface area contributed by atoms with Crippen molar-refractivity contribution in [3.05, 3.63) is 65.2 Å². The molecule has 0 saturated heterocycles. The van der Waals surface area contributed by atoms with Crippen LogP contribution in [0.2, 0.25) is 0 Å². The van der Waals surface area contributed by atoms with E-state index in [-0.39, 0.29) is 24.2 Å². The lowest BCUT2D eigenvalue weighted by Crippen LogP contribution is -2.56. The molecular formula is C35H51N3O7S. The predicted molar refractivity (Wildman–Crippen MR) is 182 cm³/mol. The molecule has 0 aliphatic rings. The van der Waals surface area contributed by atoms with Crippen LogP contribution in [0.1, 0.15) is 84.5 Å². The molecule has 3 unspecified atom stereocenters. The van der Waals surface area contributed by atoms with E-state index in [4.69, 9.17) is 9.47 Å². The highest BCUT2D eigenvalue weighted by molar-refractivity contribution is 7.98. The van der Waals surface area contributed by atoms with E-state index in [9.17, 15) is 24.3 Å². The number of hydrogen-bond acceptors (Lipinski definition) is 8. The van der Waals surface area contributed by atoms with Crippen LogP contribution in [0.3, 0.4) is 0 Å². The summed E-state index contributed by atoms with van der Waals surface area (Å²) in [6.45, 7) is 15.6. The topological polar surface area (TPSA) is 134 Å². The average Bonchev–Trinajstić information content (AvgIpc) is 2.93. The van der Waals surface area contributed by atoms with E-state index in [2.05, 4.69) is 10.6 Å². The molecule has 0 heterocycles. The van der Waals surface area contributed by atoms with Crippen molar-refractivity contribution in [3.63, 3.8) is 0 Å². The van der Waals surface area contributed by atoms with Crippen molar-refractivity contribution in [1.29, 1.82) is 0 Å². The average molecular weight is 658 g/mol. The van der Waals surface area contributed by atoms with Crippen molar-refractivity contribution >= 4 is 35.6 Å². The van der Waals surface area contributed by atoms with E-state index in [1.54, 1.807) is 80.5 Å². The van der Waals surface area contributed by atoms with Crippen molar-refractivity contribution in [1.82, 2.24) is 15.5 Å². The largest absolute Gasteiger partial charge is 0.507 e. The summed E-state index contributed by atoms with van der Waals surface area (Å²) in [4.78, 5) is 56.5. The molecular weight excluding hydrogens is 606 g/mol. The number of aryl methyl sites for hydroxylation is 1. The lowest BCUT2D eigenvalue weighted by Gasteiger charge is -2.38. The van der Waals surface area contributed by atoms with Gasteiger partial charge in [0.1, 0.15) is 35.1 Å². The Hall–Kier alpha value is -3.73. The Balaban J connectivity index is 2.64. The molecule has 2 aromatic carbocycles. The molecule has 2 rings (SSSR count). The summed E-state index contributed by atoms with van der Waals surface area (Å²) in [5, 5.41) is 16.8. The number of rotatable bonds is 13. The van der Waals surface area contributed by atoms with Gasteiger partial charge in [0.15, 0.2) is 0 Å². The zero-order valence-electron chi connectivity index (χ0n) is 28.8. The first-order chi connectivity index (χ1) is 21.3. The van der Waals surface area contributed by atoms with E-state index in [1.807, 2.05) is 36.6 Å². The maximum atomic E-state index is 14.4. The highest BCUT2D eigenvalue weighted by atomic mass is 32.2. The number of phenolic OH excluding ortho intramolecular Hbond substituents is 1. The number of phenols is 1. The van der Waals surface area contributed by atoms with Crippen LogP contribution in [0.5, 0.6) is 5.75 Å². The molecule has 254 valence electrons. The smallest absolute Gasteiger partial charge is 0.408 e. The number of ether oxygens (including phenoxy) is 2. The minimum Gasteiger partial charge on any atom is -0.507 e. The summed E-state index contributed by atoms with van der Waals surface area (Å²) >= 11 is 1.51. The Bertz CT molecular complexity index is 1340. The van der Waals surface area contributed by atoms with E-state index in [0.29, 0.717) is 11.3 Å². The van der Waals surface area contributed by atoms with E-state index in [0.717, 1.165) is 5.56 Å². The molecule has 0 bridgehead atoms. The first-order valence-electron chi connectivity index (χ1n) is 15.5. The molecule has 0 radical (unpaired) electrons. The minimum absolute atomic E-state index is 0.139. The number of hydrogen-bond donors (Lipinski definition) is 3. The van der Waals surface area contributed by atoms with Crippen molar-refractivity contribution in [2.45, 2.75) is 111 Å². The Kier molecular flexibility index (Phi) is 14.0. The van der Waals surface area contributed by atoms with Gasteiger partial charge in [0.25, 0.3) is 0 Å². The van der Waals surface area contributed by atoms with Gasteiger partial charge in [-0.25, -0.2) is 9.59 Å². The summed E-state index contributed by atoms with van der Waals surface area (Å²) in [7, 11) is 0. The standard InChI is InChI=1S/C35H51N3O7S/c1-22(2)38(31(41)26(19-20-46-10)37-33(43)45-35(7,8)9)28(25-18-14-15-23(3)29(25)39)30(40)36-27(32(42)44-34(4,5)6)21-24-16-12-11-13-17-24/h11-18,22,26-28,39H,19-21H2,1-10H3,(H,36,40)(H,37,43). The van der Waals surface area contributed by atoms with Gasteiger partial charge in [0, 0.05) is 18.0 Å². The number of amides is 3. The molecule has 0 aliphatic heterocycles. The van der Waals surface area contributed by atoms with Gasteiger partial charge in [-0.1, -0.05) is 48.5 Å². The van der Waals surface area contributed by atoms with Gasteiger partial charge in [0.2, 0.25) is 11.8 Å². The number of carbonyl (C=O) groups is 4. The van der Waals surface area contributed by atoms with Gasteiger partial charge >= 0.3 is 12.1 Å². The van der Waals surface area contributed by atoms with Gasteiger partial charge in [0.05, 0.1) is 0 Å². The fourth-order valence-corrected chi connectivity index (χ4v) is 5.26. The summed E-state index contributed by atoms with van der Waals surface area (Å²) < 4.78 is 11.1. The first-order valence-corrected chi connectivity index (χ1v) is 16.9. The quantitative estimate of drug-likeness (QED) is 0.234. The second kappa shape index (κ2) is 16.7. The number of carbonyl (C=O) groups excluding carboxylic acids is 4. The minimum atomic E-state index is -1.36. The van der Waals surface area contributed by atoms with Crippen LogP contribution >= 0.6 is 11.8 Å². The van der Waals surface area contributed by atoms with Crippen molar-refractivity contribution in [2.75, 3.05) is 12.0 Å². The molecule has 3 atom stereocenters. The summed E-state index contributed by atoms with van der Waals surface area (Å²) in [5.41, 5.74) is -0.125. The second-order valence-corrected chi connectivity index (χ2v) is 14.5. The van der Waals surface area contributed by atoms with Crippen LogP contribution in [0, 0.1) is 6.92 Å². The first kappa shape index (κ1) is 38.5. The molecule has 3 N–H and O–H groups in total. The molecule has 3 amide bonds. The van der Waals surface area contributed by atoms with Gasteiger partial charge in [-0.3, -0.25) is 9.59 Å². The number of nitrogens with zero attached hydrogens (tertiary/aromatic N) is 1. The number of aromatic hydroxyl groups is 1. The van der Waals surface area contributed by atoms with Crippen LogP contribution in [-0.2, 0) is 30.3 Å². The van der Waals surface area contributed by atoms with Crippen LogP contribution in [0.15, 0.2) is 48.5 Å². The monoisotopic (exact) mass is 657 g/mol. The zero-order valence-corrected chi connectivity index (χ0v) is 29.6. The lowest BCUT2D eigenvalue weighted by molar-refractivity contribution is -0.159. The molecule has 46 heavy (non-hydrogen) atoms.